The smallest absolute Gasteiger partial charge is 0.192 e. The van der Waals surface area contributed by atoms with Crippen LogP contribution < -0.4 is 15.5 Å². The van der Waals surface area contributed by atoms with Gasteiger partial charge in [-0.05, 0) is 42.8 Å². The van der Waals surface area contributed by atoms with Crippen molar-refractivity contribution < 1.29 is 0 Å². The molecule has 158 valence electrons. The molecule has 1 fully saturated rings. The number of nitrogens with zero attached hydrogens (tertiary/aromatic N) is 5. The van der Waals surface area contributed by atoms with Crippen LogP contribution >= 0.6 is 11.3 Å². The third-order valence-corrected chi connectivity index (χ3v) is 6.44. The van der Waals surface area contributed by atoms with Crippen LogP contribution in [0.25, 0.3) is 0 Å². The number of aryl methyl sites for hydroxylation is 1. The van der Waals surface area contributed by atoms with Crippen molar-refractivity contribution in [1.29, 1.82) is 0 Å². The van der Waals surface area contributed by atoms with Gasteiger partial charge in [0.25, 0.3) is 0 Å². The number of piperidine rings is 1. The van der Waals surface area contributed by atoms with Gasteiger partial charge >= 0.3 is 0 Å². The molecule has 0 unspecified atom stereocenters. The van der Waals surface area contributed by atoms with Crippen LogP contribution in [0.4, 0.5) is 5.00 Å². The molecule has 2 aromatic heterocycles. The molecule has 30 heavy (non-hydrogen) atoms. The average Bonchev–Trinajstić information content (AvgIpc) is 3.43. The fourth-order valence-corrected chi connectivity index (χ4v) is 4.35. The molecular formula is C22H29N7S. The van der Waals surface area contributed by atoms with Gasteiger partial charge < -0.3 is 20.1 Å². The maximum absolute atomic E-state index is 4.83. The van der Waals surface area contributed by atoms with E-state index in [0.717, 1.165) is 43.5 Å². The second-order valence-electron chi connectivity index (χ2n) is 7.58. The maximum atomic E-state index is 4.83. The van der Waals surface area contributed by atoms with E-state index < -0.39 is 0 Å². The molecule has 1 saturated heterocycles. The van der Waals surface area contributed by atoms with Crippen LogP contribution in [0, 0.1) is 6.92 Å². The van der Waals surface area contributed by atoms with E-state index in [-0.39, 0.29) is 0 Å². The summed E-state index contributed by atoms with van der Waals surface area (Å²) in [6.45, 7) is 5.31. The minimum Gasteiger partial charge on any atom is -0.363 e. The number of guanidine groups is 1. The highest BCUT2D eigenvalue weighted by Crippen LogP contribution is 2.24. The Balaban J connectivity index is 1.38. The Morgan fingerprint density at radius 2 is 1.93 bits per heavy atom. The maximum Gasteiger partial charge on any atom is 0.192 e. The molecule has 2 N–H and O–H groups in total. The number of hydrogen-bond donors (Lipinski definition) is 2. The molecule has 0 saturated carbocycles. The SMILES string of the molecule is Cc1nnc(CNC(=NCc2ccccc2)NC2CCN(c3cccs3)CC2)n1C. The summed E-state index contributed by atoms with van der Waals surface area (Å²) < 4.78 is 2.00. The van der Waals surface area contributed by atoms with Crippen LogP contribution in [0.2, 0.25) is 0 Å². The number of rotatable bonds is 6. The molecule has 3 heterocycles. The van der Waals surface area contributed by atoms with Gasteiger partial charge in [-0.1, -0.05) is 30.3 Å². The highest BCUT2D eigenvalue weighted by Gasteiger charge is 2.21. The quantitative estimate of drug-likeness (QED) is 0.471. The largest absolute Gasteiger partial charge is 0.363 e. The predicted octanol–water partition coefficient (Wildman–Crippen LogP) is 3.09. The summed E-state index contributed by atoms with van der Waals surface area (Å²) in [4.78, 5) is 7.31. The van der Waals surface area contributed by atoms with Crippen LogP contribution in [0.1, 0.15) is 30.1 Å². The zero-order valence-corrected chi connectivity index (χ0v) is 18.4. The zero-order valence-electron chi connectivity index (χ0n) is 17.6. The minimum atomic E-state index is 0.407. The molecule has 8 heteroatoms. The second kappa shape index (κ2) is 9.75. The fraction of sp³-hybridized carbons (Fsp3) is 0.409. The number of aromatic nitrogens is 3. The Bertz CT molecular complexity index is 941. The molecule has 0 bridgehead atoms. The zero-order chi connectivity index (χ0) is 20.8. The van der Waals surface area contributed by atoms with Crippen molar-refractivity contribution >= 4 is 22.3 Å². The third-order valence-electron chi connectivity index (χ3n) is 5.51. The Morgan fingerprint density at radius 3 is 2.60 bits per heavy atom. The fourth-order valence-electron chi connectivity index (χ4n) is 3.56. The van der Waals surface area contributed by atoms with Crippen LogP contribution in [-0.2, 0) is 20.1 Å². The van der Waals surface area contributed by atoms with Gasteiger partial charge in [-0.25, -0.2) is 4.99 Å². The molecule has 0 spiro atoms. The Labute approximate surface area is 181 Å². The van der Waals surface area contributed by atoms with Crippen molar-refractivity contribution in [2.45, 2.75) is 38.9 Å². The number of thiophene rings is 1. The average molecular weight is 424 g/mol. The van der Waals surface area contributed by atoms with E-state index in [0.29, 0.717) is 19.1 Å². The van der Waals surface area contributed by atoms with Gasteiger partial charge in [-0.3, -0.25) is 0 Å². The topological polar surface area (TPSA) is 70.4 Å². The normalized spacial score (nSPS) is 15.4. The molecule has 0 aliphatic carbocycles. The molecule has 1 aliphatic rings. The molecule has 0 radical (unpaired) electrons. The third kappa shape index (κ3) is 5.18. The lowest BCUT2D eigenvalue weighted by molar-refractivity contribution is 0.462. The standard InChI is InChI=1S/C22H29N7S/c1-17-26-27-20(28(17)2)16-24-22(23-15-18-7-4-3-5-8-18)25-19-10-12-29(13-11-19)21-9-6-14-30-21/h3-9,14,19H,10-13,15-16H2,1-2H3,(H2,23,24,25). The van der Waals surface area contributed by atoms with Gasteiger partial charge in [0.2, 0.25) is 0 Å². The van der Waals surface area contributed by atoms with E-state index in [9.17, 15) is 0 Å². The predicted molar refractivity (Wildman–Crippen MR) is 123 cm³/mol. The summed E-state index contributed by atoms with van der Waals surface area (Å²) in [6, 6.07) is 15.1. The lowest BCUT2D eigenvalue weighted by Crippen LogP contribution is -2.48. The van der Waals surface area contributed by atoms with Crippen molar-refractivity contribution in [3.05, 3.63) is 65.1 Å². The van der Waals surface area contributed by atoms with Gasteiger partial charge in [-0.15, -0.1) is 21.5 Å². The molecule has 1 aliphatic heterocycles. The molecule has 1 aromatic carbocycles. The number of benzene rings is 1. The number of anilines is 1. The van der Waals surface area contributed by atoms with Gasteiger partial charge in [-0.2, -0.15) is 0 Å². The lowest BCUT2D eigenvalue weighted by atomic mass is 10.1. The molecule has 4 rings (SSSR count). The van der Waals surface area contributed by atoms with E-state index in [1.165, 1.54) is 10.6 Å². The number of nitrogens with one attached hydrogen (secondary N) is 2. The summed E-state index contributed by atoms with van der Waals surface area (Å²) in [5, 5.41) is 19.0. The van der Waals surface area contributed by atoms with Crippen molar-refractivity contribution in [1.82, 2.24) is 25.4 Å². The van der Waals surface area contributed by atoms with Crippen LogP contribution in [-0.4, -0.2) is 39.9 Å². The first kappa shape index (κ1) is 20.4. The molecule has 0 atom stereocenters. The summed E-state index contributed by atoms with van der Waals surface area (Å²) in [7, 11) is 1.99. The summed E-state index contributed by atoms with van der Waals surface area (Å²) in [5.41, 5.74) is 1.20. The van der Waals surface area contributed by atoms with Crippen LogP contribution in [0.5, 0.6) is 0 Å². The Kier molecular flexibility index (Phi) is 6.63. The van der Waals surface area contributed by atoms with Crippen LogP contribution in [0.3, 0.4) is 0 Å². The Morgan fingerprint density at radius 1 is 1.13 bits per heavy atom. The number of hydrogen-bond acceptors (Lipinski definition) is 5. The van der Waals surface area contributed by atoms with Crippen molar-refractivity contribution in [2.75, 3.05) is 18.0 Å². The molecule has 7 nitrogen and oxygen atoms in total. The van der Waals surface area contributed by atoms with Crippen molar-refractivity contribution in [2.24, 2.45) is 12.0 Å². The monoisotopic (exact) mass is 423 g/mol. The first-order valence-electron chi connectivity index (χ1n) is 10.4. The Hall–Kier alpha value is -2.87. The van der Waals surface area contributed by atoms with Gasteiger partial charge in [0.1, 0.15) is 5.82 Å². The lowest BCUT2D eigenvalue weighted by Gasteiger charge is -2.33. The second-order valence-corrected chi connectivity index (χ2v) is 8.51. The summed E-state index contributed by atoms with van der Waals surface area (Å²) in [6.07, 6.45) is 2.18. The first-order valence-corrected chi connectivity index (χ1v) is 11.3. The first-order chi connectivity index (χ1) is 14.7. The van der Waals surface area contributed by atoms with E-state index in [1.807, 2.05) is 48.1 Å². The van der Waals surface area contributed by atoms with Crippen LogP contribution in [0.15, 0.2) is 52.8 Å². The number of aliphatic imine (C=N–C) groups is 1. The summed E-state index contributed by atoms with van der Waals surface area (Å²) >= 11 is 1.81. The van der Waals surface area contributed by atoms with Crippen molar-refractivity contribution in [3.63, 3.8) is 0 Å². The minimum absolute atomic E-state index is 0.407. The van der Waals surface area contributed by atoms with E-state index >= 15 is 0 Å². The highest BCUT2D eigenvalue weighted by molar-refractivity contribution is 7.14. The molecule has 3 aromatic rings. The molecule has 0 amide bonds. The van der Waals surface area contributed by atoms with E-state index in [4.69, 9.17) is 4.99 Å². The van der Waals surface area contributed by atoms with Gasteiger partial charge in [0.05, 0.1) is 18.1 Å². The molecular weight excluding hydrogens is 394 g/mol. The van der Waals surface area contributed by atoms with Gasteiger partial charge in [0, 0.05) is 26.2 Å². The summed E-state index contributed by atoms with van der Waals surface area (Å²) in [5.74, 6) is 2.63. The highest BCUT2D eigenvalue weighted by atomic mass is 32.1. The van der Waals surface area contributed by atoms with E-state index in [1.54, 1.807) is 0 Å². The van der Waals surface area contributed by atoms with E-state index in [2.05, 4.69) is 55.4 Å². The van der Waals surface area contributed by atoms with Gasteiger partial charge in [0.15, 0.2) is 11.8 Å². The van der Waals surface area contributed by atoms with Crippen molar-refractivity contribution in [3.8, 4) is 0 Å².